The summed E-state index contributed by atoms with van der Waals surface area (Å²) >= 11 is 0. The van der Waals surface area contributed by atoms with E-state index in [4.69, 9.17) is 5.73 Å². The lowest BCUT2D eigenvalue weighted by molar-refractivity contribution is -0.117. The molecule has 1 aromatic heterocycles. The van der Waals surface area contributed by atoms with E-state index in [2.05, 4.69) is 15.0 Å². The molecule has 0 aliphatic carbocycles. The van der Waals surface area contributed by atoms with Crippen molar-refractivity contribution in [3.63, 3.8) is 0 Å². The highest BCUT2D eigenvalue weighted by atomic mass is 16.5. The molecule has 0 saturated carbocycles. The van der Waals surface area contributed by atoms with Crippen LogP contribution in [0.3, 0.4) is 0 Å². The highest BCUT2D eigenvalue weighted by molar-refractivity contribution is 5.93. The number of nitrogens with two attached hydrogens (primary N) is 1. The maximum atomic E-state index is 11.1. The quantitative estimate of drug-likeness (QED) is 0.684. The maximum absolute atomic E-state index is 11.1. The first-order chi connectivity index (χ1) is 5.74. The summed E-state index contributed by atoms with van der Waals surface area (Å²) < 4.78 is 4.52. The van der Waals surface area contributed by atoms with Crippen LogP contribution in [0.1, 0.15) is 13.3 Å². The van der Waals surface area contributed by atoms with Gasteiger partial charge in [0.15, 0.2) is 5.82 Å². The number of carbonyl (C=O) groups is 1. The predicted molar refractivity (Wildman–Crippen MR) is 43.4 cm³/mol. The first kappa shape index (κ1) is 8.73. The average molecular weight is 169 g/mol. The van der Waals surface area contributed by atoms with Gasteiger partial charge >= 0.3 is 0 Å². The van der Waals surface area contributed by atoms with Crippen molar-refractivity contribution >= 4 is 11.7 Å². The van der Waals surface area contributed by atoms with E-state index in [9.17, 15) is 4.79 Å². The summed E-state index contributed by atoms with van der Waals surface area (Å²) in [5.74, 6) is 0.148. The van der Waals surface area contributed by atoms with Gasteiger partial charge in [-0.3, -0.25) is 4.79 Å². The van der Waals surface area contributed by atoms with E-state index in [1.807, 2.05) is 6.92 Å². The van der Waals surface area contributed by atoms with Crippen LogP contribution in [0.15, 0.2) is 16.9 Å². The molecule has 1 heterocycles. The van der Waals surface area contributed by atoms with Crippen molar-refractivity contribution in [2.45, 2.75) is 19.4 Å². The summed E-state index contributed by atoms with van der Waals surface area (Å²) in [6.45, 7) is 1.84. The molecule has 1 amide bonds. The van der Waals surface area contributed by atoms with Crippen molar-refractivity contribution in [3.05, 3.63) is 12.3 Å². The molecule has 1 atom stereocenters. The van der Waals surface area contributed by atoms with Crippen LogP contribution in [0.2, 0.25) is 0 Å². The SMILES string of the molecule is CC[C@H](N)C(=O)Nc1ccon1. The second-order valence-corrected chi connectivity index (χ2v) is 2.39. The van der Waals surface area contributed by atoms with Gasteiger partial charge < -0.3 is 15.6 Å². The normalized spacial score (nSPS) is 12.5. The molecule has 66 valence electrons. The molecule has 0 aromatic carbocycles. The molecule has 1 aromatic rings. The Morgan fingerprint density at radius 3 is 3.17 bits per heavy atom. The molecule has 5 heteroatoms. The molecular formula is C7H11N3O2. The fourth-order valence-electron chi connectivity index (χ4n) is 0.681. The summed E-state index contributed by atoms with van der Waals surface area (Å²) in [4.78, 5) is 11.1. The van der Waals surface area contributed by atoms with E-state index >= 15 is 0 Å². The number of amides is 1. The maximum Gasteiger partial charge on any atom is 0.242 e. The van der Waals surface area contributed by atoms with Crippen LogP contribution in [-0.4, -0.2) is 17.1 Å². The van der Waals surface area contributed by atoms with E-state index in [1.165, 1.54) is 6.26 Å². The van der Waals surface area contributed by atoms with E-state index in [0.717, 1.165) is 0 Å². The first-order valence-electron chi connectivity index (χ1n) is 3.71. The minimum atomic E-state index is -0.485. The molecule has 0 bridgehead atoms. The molecule has 5 nitrogen and oxygen atoms in total. The summed E-state index contributed by atoms with van der Waals surface area (Å²) in [6.07, 6.45) is 1.98. The van der Waals surface area contributed by atoms with Gasteiger partial charge in [0.1, 0.15) is 6.26 Å². The van der Waals surface area contributed by atoms with Gasteiger partial charge in [0, 0.05) is 6.07 Å². The molecule has 0 saturated heterocycles. The van der Waals surface area contributed by atoms with Crippen molar-refractivity contribution < 1.29 is 9.32 Å². The molecule has 0 aliphatic heterocycles. The Morgan fingerprint density at radius 1 is 1.92 bits per heavy atom. The van der Waals surface area contributed by atoms with Crippen molar-refractivity contribution in [3.8, 4) is 0 Å². The van der Waals surface area contributed by atoms with Gasteiger partial charge in [0.25, 0.3) is 0 Å². The molecule has 0 unspecified atom stereocenters. The number of hydrogen-bond donors (Lipinski definition) is 2. The highest BCUT2D eigenvalue weighted by Crippen LogP contribution is 2.01. The number of nitrogens with zero attached hydrogens (tertiary/aromatic N) is 1. The van der Waals surface area contributed by atoms with Gasteiger partial charge in [-0.15, -0.1) is 0 Å². The van der Waals surface area contributed by atoms with E-state index < -0.39 is 6.04 Å². The molecule has 0 fully saturated rings. The zero-order valence-electron chi connectivity index (χ0n) is 6.78. The molecule has 1 rings (SSSR count). The Hall–Kier alpha value is -1.36. The van der Waals surface area contributed by atoms with Crippen LogP contribution < -0.4 is 11.1 Å². The smallest absolute Gasteiger partial charge is 0.242 e. The second-order valence-electron chi connectivity index (χ2n) is 2.39. The zero-order valence-corrected chi connectivity index (χ0v) is 6.78. The van der Waals surface area contributed by atoms with Crippen LogP contribution in [0.5, 0.6) is 0 Å². The lowest BCUT2D eigenvalue weighted by atomic mass is 10.2. The van der Waals surface area contributed by atoms with Crippen molar-refractivity contribution in [2.24, 2.45) is 5.73 Å². The van der Waals surface area contributed by atoms with E-state index in [-0.39, 0.29) is 5.91 Å². The van der Waals surface area contributed by atoms with Gasteiger partial charge in [0.05, 0.1) is 6.04 Å². The summed E-state index contributed by atoms with van der Waals surface area (Å²) in [5.41, 5.74) is 5.46. The van der Waals surface area contributed by atoms with Gasteiger partial charge in [-0.1, -0.05) is 12.1 Å². The predicted octanol–water partition coefficient (Wildman–Crippen LogP) is 0.350. The Labute approximate surface area is 69.9 Å². The van der Waals surface area contributed by atoms with Gasteiger partial charge in [0.2, 0.25) is 5.91 Å². The minimum absolute atomic E-state index is 0.244. The third-order valence-corrected chi connectivity index (χ3v) is 1.47. The summed E-state index contributed by atoms with van der Waals surface area (Å²) in [5, 5.41) is 6.01. The number of hydrogen-bond acceptors (Lipinski definition) is 4. The van der Waals surface area contributed by atoms with Gasteiger partial charge in [-0.05, 0) is 6.42 Å². The fraction of sp³-hybridized carbons (Fsp3) is 0.429. The third kappa shape index (κ3) is 2.06. The topological polar surface area (TPSA) is 81.2 Å². The van der Waals surface area contributed by atoms with Crippen LogP contribution in [0.25, 0.3) is 0 Å². The average Bonchev–Trinajstić information content (AvgIpc) is 2.55. The second kappa shape index (κ2) is 3.87. The van der Waals surface area contributed by atoms with E-state index in [1.54, 1.807) is 6.07 Å². The van der Waals surface area contributed by atoms with Crippen LogP contribution in [0, 0.1) is 0 Å². The van der Waals surface area contributed by atoms with Gasteiger partial charge in [-0.25, -0.2) is 0 Å². The number of nitrogens with one attached hydrogen (secondary N) is 1. The molecule has 12 heavy (non-hydrogen) atoms. The third-order valence-electron chi connectivity index (χ3n) is 1.47. The van der Waals surface area contributed by atoms with Crippen LogP contribution >= 0.6 is 0 Å². The standard InChI is InChI=1S/C7H11N3O2/c1-2-5(8)7(11)9-6-3-4-12-10-6/h3-5H,2,8H2,1H3,(H,9,10,11)/t5-/m0/s1. The minimum Gasteiger partial charge on any atom is -0.363 e. The molecule has 3 N–H and O–H groups in total. The summed E-state index contributed by atoms with van der Waals surface area (Å²) in [6, 6.07) is 1.07. The molecule has 0 radical (unpaired) electrons. The zero-order chi connectivity index (χ0) is 8.97. The number of anilines is 1. The van der Waals surface area contributed by atoms with Crippen LogP contribution in [-0.2, 0) is 4.79 Å². The van der Waals surface area contributed by atoms with Crippen LogP contribution in [0.4, 0.5) is 5.82 Å². The molecular weight excluding hydrogens is 158 g/mol. The van der Waals surface area contributed by atoms with Crippen molar-refractivity contribution in [2.75, 3.05) is 5.32 Å². The summed E-state index contributed by atoms with van der Waals surface area (Å²) in [7, 11) is 0. The number of aromatic nitrogens is 1. The Bertz CT molecular complexity index is 245. The van der Waals surface area contributed by atoms with E-state index in [0.29, 0.717) is 12.2 Å². The largest absolute Gasteiger partial charge is 0.363 e. The monoisotopic (exact) mass is 169 g/mol. The number of rotatable bonds is 3. The Morgan fingerprint density at radius 2 is 2.67 bits per heavy atom. The lowest BCUT2D eigenvalue weighted by Crippen LogP contribution is -2.34. The Balaban J connectivity index is 2.47. The Kier molecular flexibility index (Phi) is 2.82. The fourth-order valence-corrected chi connectivity index (χ4v) is 0.681. The van der Waals surface area contributed by atoms with Crippen molar-refractivity contribution in [1.82, 2.24) is 5.16 Å². The lowest BCUT2D eigenvalue weighted by Gasteiger charge is -2.06. The molecule has 0 spiro atoms. The highest BCUT2D eigenvalue weighted by Gasteiger charge is 2.11. The van der Waals surface area contributed by atoms with Gasteiger partial charge in [-0.2, -0.15) is 0 Å². The molecule has 0 aliphatic rings. The first-order valence-corrected chi connectivity index (χ1v) is 3.71. The number of carbonyl (C=O) groups excluding carboxylic acids is 1. The van der Waals surface area contributed by atoms with Crippen molar-refractivity contribution in [1.29, 1.82) is 0 Å².